The van der Waals surface area contributed by atoms with E-state index in [2.05, 4.69) is 16.4 Å². The van der Waals surface area contributed by atoms with Crippen molar-refractivity contribution >= 4 is 34.2 Å². The Balaban J connectivity index is 2.19. The zero-order valence-electron chi connectivity index (χ0n) is 12.6. The number of benzene rings is 1. The highest BCUT2D eigenvalue weighted by Crippen LogP contribution is 2.25. The second kappa shape index (κ2) is 7.10. The molecule has 1 heterocycles. The van der Waals surface area contributed by atoms with E-state index in [-0.39, 0.29) is 5.91 Å². The van der Waals surface area contributed by atoms with Gasteiger partial charge in [-0.3, -0.25) is 4.79 Å². The van der Waals surface area contributed by atoms with Crippen LogP contribution in [-0.4, -0.2) is 31.0 Å². The fourth-order valence-corrected chi connectivity index (χ4v) is 2.34. The molecule has 5 nitrogen and oxygen atoms in total. The van der Waals surface area contributed by atoms with Crippen molar-refractivity contribution in [3.8, 4) is 6.07 Å². The molecule has 1 aromatic heterocycles. The summed E-state index contributed by atoms with van der Waals surface area (Å²) in [5.41, 5.74) is 1.29. The van der Waals surface area contributed by atoms with Crippen molar-refractivity contribution in [3.05, 3.63) is 34.9 Å². The molecule has 0 aliphatic heterocycles. The minimum atomic E-state index is -0.0323. The molecule has 1 aromatic carbocycles. The first-order chi connectivity index (χ1) is 10.5. The third kappa shape index (κ3) is 3.86. The predicted octanol–water partition coefficient (Wildman–Crippen LogP) is 2.72. The van der Waals surface area contributed by atoms with Gasteiger partial charge in [-0.05, 0) is 30.7 Å². The number of halogens is 1. The van der Waals surface area contributed by atoms with Gasteiger partial charge in [0.05, 0.1) is 17.1 Å². The van der Waals surface area contributed by atoms with Crippen molar-refractivity contribution in [2.75, 3.05) is 25.0 Å². The average Bonchev–Trinajstić information content (AvgIpc) is 2.50. The van der Waals surface area contributed by atoms with Crippen LogP contribution in [0.15, 0.2) is 24.3 Å². The summed E-state index contributed by atoms with van der Waals surface area (Å²) in [4.78, 5) is 17.4. The number of fused-ring (bicyclic) bond motifs is 1. The van der Waals surface area contributed by atoms with Crippen LogP contribution in [0.2, 0.25) is 5.02 Å². The van der Waals surface area contributed by atoms with Crippen molar-refractivity contribution in [2.24, 2.45) is 0 Å². The molecule has 6 heteroatoms. The first-order valence-corrected chi connectivity index (χ1v) is 7.35. The lowest BCUT2D eigenvalue weighted by atomic mass is 10.1. The Bertz CT molecular complexity index is 739. The molecule has 0 atom stereocenters. The second-order valence-electron chi connectivity index (χ2n) is 5.06. The van der Waals surface area contributed by atoms with E-state index >= 15 is 0 Å². The third-order valence-electron chi connectivity index (χ3n) is 3.31. The number of hydrogen-bond acceptors (Lipinski definition) is 4. The Morgan fingerprint density at radius 3 is 2.91 bits per heavy atom. The second-order valence-corrected chi connectivity index (χ2v) is 5.50. The normalized spacial score (nSPS) is 10.3. The molecule has 0 saturated heterocycles. The van der Waals surface area contributed by atoms with E-state index in [9.17, 15) is 10.1 Å². The van der Waals surface area contributed by atoms with Gasteiger partial charge >= 0.3 is 0 Å². The monoisotopic (exact) mass is 316 g/mol. The Labute approximate surface area is 134 Å². The molecule has 0 bridgehead atoms. The maximum atomic E-state index is 10.8. The number of nitrogens with one attached hydrogen (secondary N) is 1. The summed E-state index contributed by atoms with van der Waals surface area (Å²) in [6, 6.07) is 9.28. The minimum Gasteiger partial charge on any atom is -0.360 e. The van der Waals surface area contributed by atoms with Gasteiger partial charge in [-0.1, -0.05) is 11.6 Å². The summed E-state index contributed by atoms with van der Waals surface area (Å²) in [7, 11) is 1.92. The lowest BCUT2D eigenvalue weighted by molar-refractivity contribution is -0.118. The largest absolute Gasteiger partial charge is 0.360 e. The van der Waals surface area contributed by atoms with Gasteiger partial charge in [0.15, 0.2) is 0 Å². The molecule has 22 heavy (non-hydrogen) atoms. The number of rotatable bonds is 5. The Hall–Kier alpha value is -2.32. The van der Waals surface area contributed by atoms with Crippen LogP contribution >= 0.6 is 11.6 Å². The highest BCUT2D eigenvalue weighted by Gasteiger charge is 2.09. The van der Waals surface area contributed by atoms with Crippen LogP contribution < -0.4 is 10.2 Å². The van der Waals surface area contributed by atoms with Crippen LogP contribution in [0.1, 0.15) is 18.9 Å². The van der Waals surface area contributed by atoms with Crippen LogP contribution in [0.4, 0.5) is 5.82 Å². The van der Waals surface area contributed by atoms with Gasteiger partial charge in [0.25, 0.3) is 0 Å². The summed E-state index contributed by atoms with van der Waals surface area (Å²) in [6.45, 7) is 2.85. The number of nitriles is 1. The zero-order chi connectivity index (χ0) is 16.1. The van der Waals surface area contributed by atoms with Gasteiger partial charge in [0.2, 0.25) is 5.91 Å². The molecule has 2 rings (SSSR count). The van der Waals surface area contributed by atoms with E-state index in [4.69, 9.17) is 11.6 Å². The molecule has 1 amide bonds. The summed E-state index contributed by atoms with van der Waals surface area (Å²) >= 11 is 5.98. The predicted molar refractivity (Wildman–Crippen MR) is 88.0 cm³/mol. The number of aromatic nitrogens is 1. The number of pyridine rings is 1. The third-order valence-corrected chi connectivity index (χ3v) is 3.55. The molecule has 0 aliphatic rings. The van der Waals surface area contributed by atoms with Crippen LogP contribution in [0.3, 0.4) is 0 Å². The van der Waals surface area contributed by atoms with Crippen molar-refractivity contribution in [1.82, 2.24) is 10.3 Å². The van der Waals surface area contributed by atoms with E-state index in [0.717, 1.165) is 29.7 Å². The molecule has 0 unspecified atom stereocenters. The Morgan fingerprint density at radius 1 is 1.45 bits per heavy atom. The van der Waals surface area contributed by atoms with Gasteiger partial charge in [-0.15, -0.1) is 0 Å². The van der Waals surface area contributed by atoms with E-state index in [0.29, 0.717) is 17.1 Å². The maximum absolute atomic E-state index is 10.8. The van der Waals surface area contributed by atoms with Crippen LogP contribution in [0, 0.1) is 11.3 Å². The van der Waals surface area contributed by atoms with Crippen LogP contribution in [0.5, 0.6) is 0 Å². The quantitative estimate of drug-likeness (QED) is 0.861. The molecular weight excluding hydrogens is 300 g/mol. The smallest absolute Gasteiger partial charge is 0.216 e. The van der Waals surface area contributed by atoms with Gasteiger partial charge in [-0.2, -0.15) is 5.26 Å². The van der Waals surface area contributed by atoms with Crippen molar-refractivity contribution in [3.63, 3.8) is 0 Å². The number of amides is 1. The fraction of sp³-hybridized carbons (Fsp3) is 0.312. The van der Waals surface area contributed by atoms with Crippen molar-refractivity contribution in [2.45, 2.75) is 13.3 Å². The van der Waals surface area contributed by atoms with Gasteiger partial charge < -0.3 is 10.2 Å². The van der Waals surface area contributed by atoms with Crippen molar-refractivity contribution in [1.29, 1.82) is 5.26 Å². The zero-order valence-corrected chi connectivity index (χ0v) is 13.3. The standard InChI is InChI=1S/C16H17ClN4O/c1-11(22)19-6-3-7-21(2)16-8-12(10-18)14-9-13(17)4-5-15(14)20-16/h4-5,8-9H,3,6-7H2,1-2H3,(H,19,22). The van der Waals surface area contributed by atoms with E-state index in [1.807, 2.05) is 18.0 Å². The molecule has 1 N–H and O–H groups in total. The molecule has 0 spiro atoms. The van der Waals surface area contributed by atoms with Crippen LogP contribution in [0.25, 0.3) is 10.9 Å². The maximum Gasteiger partial charge on any atom is 0.216 e. The number of nitrogens with zero attached hydrogens (tertiary/aromatic N) is 3. The number of anilines is 1. The molecule has 0 radical (unpaired) electrons. The highest BCUT2D eigenvalue weighted by atomic mass is 35.5. The molecule has 2 aromatic rings. The Kier molecular flexibility index (Phi) is 5.18. The lowest BCUT2D eigenvalue weighted by Gasteiger charge is -2.19. The number of carbonyl (C=O) groups excluding carboxylic acids is 1. The molecule has 0 aliphatic carbocycles. The first kappa shape index (κ1) is 16.1. The molecular formula is C16H17ClN4O. The minimum absolute atomic E-state index is 0.0323. The topological polar surface area (TPSA) is 69.0 Å². The molecule has 114 valence electrons. The van der Waals surface area contributed by atoms with Gasteiger partial charge in [0.1, 0.15) is 5.82 Å². The van der Waals surface area contributed by atoms with Gasteiger partial charge in [-0.25, -0.2) is 4.98 Å². The average molecular weight is 317 g/mol. The Morgan fingerprint density at radius 2 is 2.23 bits per heavy atom. The molecule has 0 saturated carbocycles. The SMILES string of the molecule is CC(=O)NCCCN(C)c1cc(C#N)c2cc(Cl)ccc2n1. The summed E-state index contributed by atoms with van der Waals surface area (Å²) in [6.07, 6.45) is 0.804. The van der Waals surface area contributed by atoms with Crippen molar-refractivity contribution < 1.29 is 4.79 Å². The summed E-state index contributed by atoms with van der Waals surface area (Å²) in [5, 5.41) is 13.4. The number of carbonyl (C=O) groups is 1. The van der Waals surface area contributed by atoms with Gasteiger partial charge in [0, 0.05) is 37.5 Å². The summed E-state index contributed by atoms with van der Waals surface area (Å²) in [5.74, 6) is 0.698. The van der Waals surface area contributed by atoms with E-state index in [1.165, 1.54) is 6.92 Å². The number of hydrogen-bond donors (Lipinski definition) is 1. The lowest BCUT2D eigenvalue weighted by Crippen LogP contribution is -2.26. The first-order valence-electron chi connectivity index (χ1n) is 6.97. The fourth-order valence-electron chi connectivity index (χ4n) is 2.17. The van der Waals surface area contributed by atoms with Crippen LogP contribution in [-0.2, 0) is 4.79 Å². The van der Waals surface area contributed by atoms with E-state index in [1.54, 1.807) is 18.2 Å². The molecule has 0 fully saturated rings. The highest BCUT2D eigenvalue weighted by molar-refractivity contribution is 6.31. The summed E-state index contributed by atoms with van der Waals surface area (Å²) < 4.78 is 0. The van der Waals surface area contributed by atoms with E-state index < -0.39 is 0 Å².